The first-order valence-electron chi connectivity index (χ1n) is 7.52. The van der Waals surface area contributed by atoms with Crippen LogP contribution >= 0.6 is 0 Å². The molecule has 21 heavy (non-hydrogen) atoms. The van der Waals surface area contributed by atoms with Crippen LogP contribution in [0.2, 0.25) is 0 Å². The maximum Gasteiger partial charge on any atom is 0.260 e. The van der Waals surface area contributed by atoms with Gasteiger partial charge in [0.1, 0.15) is 18.1 Å². The molecule has 1 atom stereocenters. The van der Waals surface area contributed by atoms with Crippen LogP contribution in [-0.4, -0.2) is 44.2 Å². The number of benzene rings is 1. The summed E-state index contributed by atoms with van der Waals surface area (Å²) >= 11 is 0. The molecule has 1 aliphatic heterocycles. The zero-order valence-electron chi connectivity index (χ0n) is 13.0. The van der Waals surface area contributed by atoms with Crippen molar-refractivity contribution in [3.63, 3.8) is 0 Å². The summed E-state index contributed by atoms with van der Waals surface area (Å²) in [7, 11) is 1.77. The van der Waals surface area contributed by atoms with Gasteiger partial charge in [0, 0.05) is 25.2 Å². The summed E-state index contributed by atoms with van der Waals surface area (Å²) in [4.78, 5) is 13.3. The highest BCUT2D eigenvalue weighted by Crippen LogP contribution is 2.35. The van der Waals surface area contributed by atoms with Crippen molar-refractivity contribution in [2.24, 2.45) is 0 Å². The lowest BCUT2D eigenvalue weighted by atomic mass is 10.1. The summed E-state index contributed by atoms with van der Waals surface area (Å²) in [6.45, 7) is 6.44. The average Bonchev–Trinajstić information content (AvgIpc) is 2.91. The Morgan fingerprint density at radius 3 is 3.00 bits per heavy atom. The SMILES string of the molecule is CCCNC1COc2cc(OCC(=O)N(C)CC)ccc21. The van der Waals surface area contributed by atoms with Gasteiger partial charge in [0.25, 0.3) is 5.91 Å². The molecule has 0 fully saturated rings. The third kappa shape index (κ3) is 3.88. The molecule has 1 aromatic rings. The van der Waals surface area contributed by atoms with E-state index in [1.165, 1.54) is 0 Å². The predicted octanol–water partition coefficient (Wildman–Crippen LogP) is 1.98. The zero-order chi connectivity index (χ0) is 15.2. The highest BCUT2D eigenvalue weighted by molar-refractivity contribution is 5.77. The molecule has 1 unspecified atom stereocenters. The number of hydrogen-bond donors (Lipinski definition) is 1. The first-order chi connectivity index (χ1) is 10.2. The second-order valence-electron chi connectivity index (χ2n) is 5.21. The second kappa shape index (κ2) is 7.31. The Hall–Kier alpha value is -1.75. The zero-order valence-corrected chi connectivity index (χ0v) is 13.0. The van der Waals surface area contributed by atoms with Gasteiger partial charge in [-0.15, -0.1) is 0 Å². The molecule has 0 saturated heterocycles. The molecule has 0 bridgehead atoms. The van der Waals surface area contributed by atoms with Gasteiger partial charge in [-0.3, -0.25) is 4.79 Å². The lowest BCUT2D eigenvalue weighted by Gasteiger charge is -2.15. The number of rotatable bonds is 7. The van der Waals surface area contributed by atoms with Gasteiger partial charge in [0.05, 0.1) is 6.04 Å². The Morgan fingerprint density at radius 2 is 2.29 bits per heavy atom. The van der Waals surface area contributed by atoms with E-state index in [2.05, 4.69) is 12.2 Å². The van der Waals surface area contributed by atoms with Crippen LogP contribution in [0.4, 0.5) is 0 Å². The largest absolute Gasteiger partial charge is 0.491 e. The van der Waals surface area contributed by atoms with E-state index in [9.17, 15) is 4.79 Å². The summed E-state index contributed by atoms with van der Waals surface area (Å²) in [5.41, 5.74) is 1.16. The van der Waals surface area contributed by atoms with Crippen molar-refractivity contribution in [3.05, 3.63) is 23.8 Å². The molecular weight excluding hydrogens is 268 g/mol. The van der Waals surface area contributed by atoms with Gasteiger partial charge in [-0.25, -0.2) is 0 Å². The van der Waals surface area contributed by atoms with E-state index in [4.69, 9.17) is 9.47 Å². The van der Waals surface area contributed by atoms with Gasteiger partial charge in [0.2, 0.25) is 0 Å². The molecule has 5 nitrogen and oxygen atoms in total. The van der Waals surface area contributed by atoms with Gasteiger partial charge in [-0.2, -0.15) is 0 Å². The first-order valence-corrected chi connectivity index (χ1v) is 7.52. The normalized spacial score (nSPS) is 16.2. The number of likely N-dealkylation sites (N-methyl/N-ethyl adjacent to an activating group) is 1. The minimum absolute atomic E-state index is 0.0265. The fraction of sp³-hybridized carbons (Fsp3) is 0.562. The summed E-state index contributed by atoms with van der Waals surface area (Å²) in [6.07, 6.45) is 1.10. The van der Waals surface area contributed by atoms with Crippen molar-refractivity contribution in [2.45, 2.75) is 26.3 Å². The fourth-order valence-corrected chi connectivity index (χ4v) is 2.20. The van der Waals surface area contributed by atoms with E-state index in [0.717, 1.165) is 24.3 Å². The van der Waals surface area contributed by atoms with E-state index in [1.54, 1.807) is 11.9 Å². The summed E-state index contributed by atoms with van der Waals surface area (Å²) in [5.74, 6) is 1.49. The predicted molar refractivity (Wildman–Crippen MR) is 81.8 cm³/mol. The molecule has 0 spiro atoms. The Kier molecular flexibility index (Phi) is 5.44. The maximum absolute atomic E-state index is 11.7. The molecule has 2 rings (SSSR count). The lowest BCUT2D eigenvalue weighted by Crippen LogP contribution is -2.31. The molecule has 116 valence electrons. The van der Waals surface area contributed by atoms with Gasteiger partial charge in [-0.05, 0) is 32.0 Å². The van der Waals surface area contributed by atoms with E-state index in [0.29, 0.717) is 18.9 Å². The first kappa shape index (κ1) is 15.6. The number of nitrogens with one attached hydrogen (secondary N) is 1. The van der Waals surface area contributed by atoms with E-state index in [-0.39, 0.29) is 18.6 Å². The third-order valence-electron chi connectivity index (χ3n) is 3.67. The minimum Gasteiger partial charge on any atom is -0.491 e. The van der Waals surface area contributed by atoms with Crippen molar-refractivity contribution in [1.29, 1.82) is 0 Å². The number of fused-ring (bicyclic) bond motifs is 1. The molecular formula is C16H24N2O3. The van der Waals surface area contributed by atoms with Crippen molar-refractivity contribution >= 4 is 5.91 Å². The van der Waals surface area contributed by atoms with Crippen molar-refractivity contribution in [3.8, 4) is 11.5 Å². The van der Waals surface area contributed by atoms with E-state index < -0.39 is 0 Å². The lowest BCUT2D eigenvalue weighted by molar-refractivity contribution is -0.131. The average molecular weight is 292 g/mol. The Labute approximate surface area is 126 Å². The number of carbonyl (C=O) groups excluding carboxylic acids is 1. The van der Waals surface area contributed by atoms with Crippen LogP contribution in [0.3, 0.4) is 0 Å². The van der Waals surface area contributed by atoms with Gasteiger partial charge < -0.3 is 19.7 Å². The van der Waals surface area contributed by atoms with Crippen LogP contribution in [0.15, 0.2) is 18.2 Å². The van der Waals surface area contributed by atoms with Gasteiger partial charge in [0.15, 0.2) is 6.61 Å². The molecule has 1 N–H and O–H groups in total. The summed E-state index contributed by atoms with van der Waals surface area (Å²) in [5, 5.41) is 3.45. The molecule has 0 saturated carbocycles. The van der Waals surface area contributed by atoms with E-state index in [1.807, 2.05) is 25.1 Å². The van der Waals surface area contributed by atoms with Crippen molar-refractivity contribution in [2.75, 3.05) is 33.4 Å². The van der Waals surface area contributed by atoms with Gasteiger partial charge >= 0.3 is 0 Å². The third-order valence-corrected chi connectivity index (χ3v) is 3.67. The smallest absolute Gasteiger partial charge is 0.260 e. The van der Waals surface area contributed by atoms with Crippen LogP contribution < -0.4 is 14.8 Å². The fourth-order valence-electron chi connectivity index (χ4n) is 2.20. The van der Waals surface area contributed by atoms with Gasteiger partial charge in [-0.1, -0.05) is 6.92 Å². The van der Waals surface area contributed by atoms with Crippen LogP contribution in [0.1, 0.15) is 31.9 Å². The monoisotopic (exact) mass is 292 g/mol. The molecule has 1 heterocycles. The standard InChI is InChI=1S/C16H24N2O3/c1-4-8-17-14-10-21-15-9-12(6-7-13(14)15)20-11-16(19)18(3)5-2/h6-7,9,14,17H,4-5,8,10-11H2,1-3H3. The van der Waals surface area contributed by atoms with Crippen molar-refractivity contribution < 1.29 is 14.3 Å². The second-order valence-corrected chi connectivity index (χ2v) is 5.21. The summed E-state index contributed by atoms with van der Waals surface area (Å²) in [6, 6.07) is 6.02. The molecule has 1 aromatic carbocycles. The van der Waals surface area contributed by atoms with Crippen LogP contribution in [-0.2, 0) is 4.79 Å². The number of hydrogen-bond acceptors (Lipinski definition) is 4. The maximum atomic E-state index is 11.7. The molecule has 0 aromatic heterocycles. The highest BCUT2D eigenvalue weighted by Gasteiger charge is 2.23. The van der Waals surface area contributed by atoms with Crippen molar-refractivity contribution in [1.82, 2.24) is 10.2 Å². The number of carbonyl (C=O) groups is 1. The minimum atomic E-state index is -0.0265. The molecule has 0 aliphatic carbocycles. The van der Waals surface area contributed by atoms with E-state index >= 15 is 0 Å². The highest BCUT2D eigenvalue weighted by atomic mass is 16.5. The summed E-state index contributed by atoms with van der Waals surface area (Å²) < 4.78 is 11.2. The Bertz CT molecular complexity index is 490. The number of nitrogens with zero attached hydrogens (tertiary/aromatic N) is 1. The van der Waals surface area contributed by atoms with Crippen LogP contribution in [0.25, 0.3) is 0 Å². The Morgan fingerprint density at radius 1 is 1.48 bits per heavy atom. The molecule has 0 radical (unpaired) electrons. The molecule has 1 aliphatic rings. The number of ether oxygens (including phenoxy) is 2. The van der Waals surface area contributed by atoms with Crippen LogP contribution in [0, 0.1) is 0 Å². The Balaban J connectivity index is 1.94. The topological polar surface area (TPSA) is 50.8 Å². The quantitative estimate of drug-likeness (QED) is 0.835. The van der Waals surface area contributed by atoms with Crippen LogP contribution in [0.5, 0.6) is 11.5 Å². The molecule has 1 amide bonds. The number of amides is 1. The molecule has 5 heteroatoms.